The largest absolute Gasteiger partial charge is 0.272 e. The molecule has 0 fully saturated rings. The molecule has 2 amide bonds. The number of aromatic nitrogens is 3. The number of hydrogen-bond donors (Lipinski definition) is 0. The van der Waals surface area contributed by atoms with Gasteiger partial charge in [0.2, 0.25) is 0 Å². The van der Waals surface area contributed by atoms with Crippen molar-refractivity contribution < 1.29 is 9.59 Å². The molecule has 0 atom stereocenters. The lowest BCUT2D eigenvalue weighted by Crippen LogP contribution is -2.33. The van der Waals surface area contributed by atoms with Gasteiger partial charge in [0.05, 0.1) is 24.2 Å². The number of nitrogens with zero attached hydrogens (tertiary/aromatic N) is 4. The summed E-state index contributed by atoms with van der Waals surface area (Å²) < 4.78 is 1.17. The molecule has 0 saturated heterocycles. The molecule has 0 bridgehead atoms. The molecule has 2 heterocycles. The highest BCUT2D eigenvalue weighted by Gasteiger charge is 2.34. The zero-order chi connectivity index (χ0) is 14.3. The van der Waals surface area contributed by atoms with Gasteiger partial charge >= 0.3 is 0 Å². The van der Waals surface area contributed by atoms with E-state index in [1.807, 2.05) is 0 Å². The van der Waals surface area contributed by atoms with Crippen LogP contribution in [0.3, 0.4) is 0 Å². The minimum atomic E-state index is -0.268. The molecule has 0 radical (unpaired) electrons. The van der Waals surface area contributed by atoms with Crippen LogP contribution in [-0.4, -0.2) is 38.3 Å². The van der Waals surface area contributed by atoms with E-state index in [1.165, 1.54) is 9.70 Å². The number of benzene rings is 1. The molecule has 0 N–H and O–H groups in total. The Hall–Kier alpha value is -1.54. The molecular formula is C12H8Br2N4O2. The fourth-order valence-corrected chi connectivity index (χ4v) is 2.56. The van der Waals surface area contributed by atoms with Gasteiger partial charge in [-0.2, -0.15) is 4.80 Å². The lowest BCUT2D eigenvalue weighted by atomic mass is 10.1. The maximum atomic E-state index is 12.1. The van der Waals surface area contributed by atoms with Crippen molar-refractivity contribution in [2.75, 3.05) is 6.54 Å². The van der Waals surface area contributed by atoms with Gasteiger partial charge in [-0.1, -0.05) is 12.1 Å². The minimum Gasteiger partial charge on any atom is -0.272 e. The summed E-state index contributed by atoms with van der Waals surface area (Å²) in [5.41, 5.74) is 0.904. The molecule has 2 aromatic rings. The van der Waals surface area contributed by atoms with Gasteiger partial charge in [0, 0.05) is 0 Å². The van der Waals surface area contributed by atoms with Crippen molar-refractivity contribution in [3.05, 3.63) is 44.6 Å². The lowest BCUT2D eigenvalue weighted by Gasteiger charge is -2.12. The van der Waals surface area contributed by atoms with Crippen molar-refractivity contribution in [1.82, 2.24) is 19.9 Å². The average molecular weight is 400 g/mol. The Bertz CT molecular complexity index is 659. The summed E-state index contributed by atoms with van der Waals surface area (Å²) in [6, 6.07) is 6.82. The summed E-state index contributed by atoms with van der Waals surface area (Å²) in [5.74, 6) is -0.535. The molecule has 1 aromatic heterocycles. The lowest BCUT2D eigenvalue weighted by molar-refractivity contribution is 0.0645. The second kappa shape index (κ2) is 5.10. The van der Waals surface area contributed by atoms with E-state index < -0.39 is 0 Å². The molecule has 0 spiro atoms. The number of carbonyl (C=O) groups is 2. The summed E-state index contributed by atoms with van der Waals surface area (Å²) >= 11 is 6.46. The highest BCUT2D eigenvalue weighted by molar-refractivity contribution is 9.13. The smallest absolute Gasteiger partial charge is 0.261 e. The molecule has 8 heteroatoms. The third-order valence-electron chi connectivity index (χ3n) is 2.98. The van der Waals surface area contributed by atoms with Crippen molar-refractivity contribution in [2.24, 2.45) is 0 Å². The molecule has 1 aromatic carbocycles. The van der Waals surface area contributed by atoms with E-state index in [0.29, 0.717) is 26.9 Å². The van der Waals surface area contributed by atoms with Crippen LogP contribution in [0.1, 0.15) is 20.7 Å². The van der Waals surface area contributed by atoms with Crippen LogP contribution in [0.25, 0.3) is 0 Å². The quantitative estimate of drug-likeness (QED) is 0.741. The van der Waals surface area contributed by atoms with Crippen LogP contribution in [0.15, 0.2) is 33.5 Å². The fraction of sp³-hybridized carbons (Fsp3) is 0.167. The van der Waals surface area contributed by atoms with Gasteiger partial charge in [0.25, 0.3) is 11.8 Å². The SMILES string of the molecule is O=C1c2ccccc2C(=O)N1CCn1nc(Br)c(Br)n1. The van der Waals surface area contributed by atoms with E-state index in [1.54, 1.807) is 24.3 Å². The molecular weight excluding hydrogens is 392 g/mol. The number of halogens is 2. The van der Waals surface area contributed by atoms with Crippen LogP contribution < -0.4 is 0 Å². The van der Waals surface area contributed by atoms with E-state index in [0.717, 1.165) is 0 Å². The standard InChI is InChI=1S/C12H8Br2N4O2/c13-9-10(14)16-18(15-9)6-5-17-11(19)7-3-1-2-4-8(7)12(17)20/h1-4H,5-6H2. The topological polar surface area (TPSA) is 68.1 Å². The van der Waals surface area contributed by atoms with Gasteiger partial charge in [0.1, 0.15) is 0 Å². The van der Waals surface area contributed by atoms with E-state index in [-0.39, 0.29) is 18.4 Å². The second-order valence-electron chi connectivity index (χ2n) is 4.19. The molecule has 0 saturated carbocycles. The van der Waals surface area contributed by atoms with Crippen molar-refractivity contribution in [1.29, 1.82) is 0 Å². The van der Waals surface area contributed by atoms with Crippen LogP contribution in [-0.2, 0) is 6.54 Å². The van der Waals surface area contributed by atoms with Crippen LogP contribution in [0.4, 0.5) is 0 Å². The van der Waals surface area contributed by atoms with Crippen LogP contribution in [0.2, 0.25) is 0 Å². The van der Waals surface area contributed by atoms with Crippen LogP contribution in [0, 0.1) is 0 Å². The van der Waals surface area contributed by atoms with Crippen molar-refractivity contribution >= 4 is 43.7 Å². The summed E-state index contributed by atoms with van der Waals surface area (Å²) in [6.07, 6.45) is 0. The number of amides is 2. The highest BCUT2D eigenvalue weighted by Crippen LogP contribution is 2.22. The zero-order valence-corrected chi connectivity index (χ0v) is 13.3. The van der Waals surface area contributed by atoms with Crippen LogP contribution >= 0.6 is 31.9 Å². The van der Waals surface area contributed by atoms with Gasteiger partial charge in [-0.05, 0) is 44.0 Å². The first-order chi connectivity index (χ1) is 9.58. The third-order valence-corrected chi connectivity index (χ3v) is 4.58. The molecule has 3 rings (SSSR count). The predicted octanol–water partition coefficient (Wildman–Crippen LogP) is 2.10. The summed E-state index contributed by atoms with van der Waals surface area (Å²) in [4.78, 5) is 26.9. The number of fused-ring (bicyclic) bond motifs is 1. The number of carbonyl (C=O) groups excluding carboxylic acids is 2. The fourth-order valence-electron chi connectivity index (χ4n) is 2.04. The molecule has 102 valence electrons. The minimum absolute atomic E-state index is 0.236. The summed E-state index contributed by atoms with van der Waals surface area (Å²) in [5, 5.41) is 8.19. The van der Waals surface area contributed by atoms with Crippen molar-refractivity contribution in [3.63, 3.8) is 0 Å². The Kier molecular flexibility index (Phi) is 3.43. The first-order valence-electron chi connectivity index (χ1n) is 5.79. The Morgan fingerprint density at radius 1 is 0.900 bits per heavy atom. The molecule has 6 nitrogen and oxygen atoms in total. The van der Waals surface area contributed by atoms with E-state index in [2.05, 4.69) is 42.1 Å². The summed E-state index contributed by atoms with van der Waals surface area (Å²) in [7, 11) is 0. The predicted molar refractivity (Wildman–Crippen MR) is 77.2 cm³/mol. The Morgan fingerprint density at radius 3 is 1.90 bits per heavy atom. The molecule has 0 aliphatic carbocycles. The maximum Gasteiger partial charge on any atom is 0.261 e. The number of imide groups is 1. The zero-order valence-electron chi connectivity index (χ0n) is 10.1. The monoisotopic (exact) mass is 398 g/mol. The van der Waals surface area contributed by atoms with E-state index in [9.17, 15) is 9.59 Å². The van der Waals surface area contributed by atoms with Gasteiger partial charge < -0.3 is 0 Å². The van der Waals surface area contributed by atoms with E-state index in [4.69, 9.17) is 0 Å². The number of hydrogen-bond acceptors (Lipinski definition) is 4. The average Bonchev–Trinajstić information content (AvgIpc) is 2.88. The molecule has 1 aliphatic heterocycles. The Balaban J connectivity index is 1.77. The molecule has 0 unspecified atom stereocenters. The van der Waals surface area contributed by atoms with Crippen molar-refractivity contribution in [2.45, 2.75) is 6.54 Å². The van der Waals surface area contributed by atoms with Gasteiger partial charge in [-0.15, -0.1) is 10.2 Å². The van der Waals surface area contributed by atoms with Crippen molar-refractivity contribution in [3.8, 4) is 0 Å². The van der Waals surface area contributed by atoms with Gasteiger partial charge in [-0.25, -0.2) is 0 Å². The second-order valence-corrected chi connectivity index (χ2v) is 5.69. The first-order valence-corrected chi connectivity index (χ1v) is 7.38. The normalized spacial score (nSPS) is 14.0. The van der Waals surface area contributed by atoms with Gasteiger partial charge in [0.15, 0.2) is 9.21 Å². The third kappa shape index (κ3) is 2.18. The Morgan fingerprint density at radius 2 is 1.40 bits per heavy atom. The maximum absolute atomic E-state index is 12.1. The first kappa shape index (κ1) is 13.4. The van der Waals surface area contributed by atoms with Crippen LogP contribution in [0.5, 0.6) is 0 Å². The Labute approximate surface area is 131 Å². The van der Waals surface area contributed by atoms with Gasteiger partial charge in [-0.3, -0.25) is 14.5 Å². The molecule has 20 heavy (non-hydrogen) atoms. The highest BCUT2D eigenvalue weighted by atomic mass is 79.9. The summed E-state index contributed by atoms with van der Waals surface area (Å²) in [6.45, 7) is 0.579. The molecule has 1 aliphatic rings. The number of rotatable bonds is 3. The van der Waals surface area contributed by atoms with E-state index >= 15 is 0 Å².